The van der Waals surface area contributed by atoms with Crippen LogP contribution in [0.3, 0.4) is 0 Å². The summed E-state index contributed by atoms with van der Waals surface area (Å²) in [6.45, 7) is 6.01. The van der Waals surface area contributed by atoms with Gasteiger partial charge in [0.1, 0.15) is 16.3 Å². The van der Waals surface area contributed by atoms with Crippen LogP contribution < -0.4 is 10.1 Å². The Morgan fingerprint density at radius 3 is 2.35 bits per heavy atom. The van der Waals surface area contributed by atoms with Crippen LogP contribution in [0.2, 0.25) is 0 Å². The predicted molar refractivity (Wildman–Crippen MR) is 111 cm³/mol. The number of rotatable bonds is 9. The maximum atomic E-state index is 13.1. The van der Waals surface area contributed by atoms with E-state index in [0.717, 1.165) is 18.2 Å². The van der Waals surface area contributed by atoms with Crippen LogP contribution in [0, 0.1) is 0 Å². The molecule has 0 bridgehead atoms. The third-order valence-electron chi connectivity index (χ3n) is 4.57. The summed E-state index contributed by atoms with van der Waals surface area (Å²) in [7, 11) is -2.31. The number of aromatic nitrogens is 1. The molecule has 0 aliphatic heterocycles. The van der Waals surface area contributed by atoms with Crippen molar-refractivity contribution in [3.05, 3.63) is 41.7 Å². The number of benzene rings is 1. The summed E-state index contributed by atoms with van der Waals surface area (Å²) in [5.41, 5.74) is -1.12. The SMILES string of the molecule is CCCOc1ccc(C(F)(F)F)cc1NC(=O)c1cc(S(=O)(=O)N(CC)CC)cn1C. The molecule has 1 amide bonds. The number of nitrogens with zero attached hydrogens (tertiary/aromatic N) is 2. The van der Waals surface area contributed by atoms with Gasteiger partial charge in [-0.05, 0) is 30.7 Å². The van der Waals surface area contributed by atoms with Gasteiger partial charge in [0.2, 0.25) is 10.0 Å². The topological polar surface area (TPSA) is 80.6 Å². The van der Waals surface area contributed by atoms with Crippen LogP contribution in [0.25, 0.3) is 0 Å². The van der Waals surface area contributed by atoms with E-state index < -0.39 is 27.7 Å². The third kappa shape index (κ3) is 5.59. The van der Waals surface area contributed by atoms with Gasteiger partial charge in [-0.25, -0.2) is 8.42 Å². The minimum Gasteiger partial charge on any atom is -0.491 e. The van der Waals surface area contributed by atoms with Crippen molar-refractivity contribution in [2.75, 3.05) is 25.0 Å². The van der Waals surface area contributed by atoms with Crippen molar-refractivity contribution < 1.29 is 31.1 Å². The molecular weight excluding hydrogens is 435 g/mol. The Balaban J connectivity index is 2.40. The van der Waals surface area contributed by atoms with Gasteiger partial charge in [-0.1, -0.05) is 20.8 Å². The zero-order valence-electron chi connectivity index (χ0n) is 17.8. The number of amides is 1. The molecule has 0 saturated carbocycles. The smallest absolute Gasteiger partial charge is 0.416 e. The lowest BCUT2D eigenvalue weighted by Crippen LogP contribution is -2.30. The second-order valence-electron chi connectivity index (χ2n) is 6.77. The molecule has 0 spiro atoms. The number of hydrogen-bond donors (Lipinski definition) is 1. The summed E-state index contributed by atoms with van der Waals surface area (Å²) in [6.07, 6.45) is -2.68. The maximum Gasteiger partial charge on any atom is 0.416 e. The monoisotopic (exact) mass is 461 g/mol. The van der Waals surface area contributed by atoms with Crippen molar-refractivity contribution in [2.24, 2.45) is 7.05 Å². The highest BCUT2D eigenvalue weighted by molar-refractivity contribution is 7.89. The molecule has 0 aliphatic rings. The van der Waals surface area contributed by atoms with Gasteiger partial charge in [0.25, 0.3) is 5.91 Å². The zero-order chi connectivity index (χ0) is 23.4. The molecule has 1 N–H and O–H groups in total. The Labute approximate surface area is 179 Å². The van der Waals surface area contributed by atoms with Crippen LogP contribution in [-0.4, -0.2) is 42.9 Å². The first-order valence-corrected chi connectivity index (χ1v) is 11.2. The number of sulfonamides is 1. The predicted octanol–water partition coefficient (Wildman–Crippen LogP) is 4.12. The number of carbonyl (C=O) groups is 1. The standard InChI is InChI=1S/C20H26F3N3O4S/c1-5-10-30-18-9-8-14(20(21,22)23)11-16(18)24-19(27)17-12-15(13-25(17)4)31(28,29)26(6-2)7-3/h8-9,11-13H,5-7,10H2,1-4H3,(H,24,27). The lowest BCUT2D eigenvalue weighted by molar-refractivity contribution is -0.137. The number of ether oxygens (including phenoxy) is 1. The van der Waals surface area contributed by atoms with Crippen molar-refractivity contribution in [1.29, 1.82) is 0 Å². The van der Waals surface area contributed by atoms with Gasteiger partial charge < -0.3 is 14.6 Å². The Kier molecular flexibility index (Phi) is 7.77. The Morgan fingerprint density at radius 2 is 1.81 bits per heavy atom. The maximum absolute atomic E-state index is 13.1. The number of aryl methyl sites for hydroxylation is 1. The number of halogens is 3. The number of alkyl halides is 3. The van der Waals surface area contributed by atoms with Crippen molar-refractivity contribution in [3.63, 3.8) is 0 Å². The highest BCUT2D eigenvalue weighted by Crippen LogP contribution is 2.35. The van der Waals surface area contributed by atoms with Crippen LogP contribution in [0.15, 0.2) is 35.4 Å². The van der Waals surface area contributed by atoms with E-state index in [0.29, 0.717) is 6.42 Å². The molecule has 2 rings (SSSR count). The van der Waals surface area contributed by atoms with Crippen molar-refractivity contribution in [1.82, 2.24) is 8.87 Å². The van der Waals surface area contributed by atoms with Gasteiger partial charge in [-0.3, -0.25) is 4.79 Å². The fraction of sp³-hybridized carbons (Fsp3) is 0.450. The van der Waals surface area contributed by atoms with Crippen molar-refractivity contribution in [3.8, 4) is 5.75 Å². The van der Waals surface area contributed by atoms with E-state index in [1.807, 2.05) is 6.92 Å². The number of carbonyl (C=O) groups excluding carboxylic acids is 1. The van der Waals surface area contributed by atoms with Crippen LogP contribution in [0.4, 0.5) is 18.9 Å². The lowest BCUT2D eigenvalue weighted by atomic mass is 10.1. The Bertz CT molecular complexity index is 1030. The van der Waals surface area contributed by atoms with Gasteiger partial charge in [-0.2, -0.15) is 17.5 Å². The lowest BCUT2D eigenvalue weighted by Gasteiger charge is -2.17. The van der Waals surface area contributed by atoms with Crippen LogP contribution >= 0.6 is 0 Å². The minimum absolute atomic E-state index is 0.0235. The molecule has 1 aromatic carbocycles. The summed E-state index contributed by atoms with van der Waals surface area (Å²) >= 11 is 0. The third-order valence-corrected chi connectivity index (χ3v) is 6.59. The summed E-state index contributed by atoms with van der Waals surface area (Å²) in [5, 5.41) is 2.42. The first kappa shape index (κ1) is 24.7. The molecule has 172 valence electrons. The molecular formula is C20H26F3N3O4S. The average Bonchev–Trinajstić information content (AvgIpc) is 3.09. The summed E-state index contributed by atoms with van der Waals surface area (Å²) in [5.74, 6) is -0.669. The number of anilines is 1. The van der Waals surface area contributed by atoms with Crippen molar-refractivity contribution in [2.45, 2.75) is 38.3 Å². The molecule has 0 fully saturated rings. The fourth-order valence-electron chi connectivity index (χ4n) is 2.94. The molecule has 0 unspecified atom stereocenters. The molecule has 31 heavy (non-hydrogen) atoms. The summed E-state index contributed by atoms with van der Waals surface area (Å²) < 4.78 is 72.8. The highest BCUT2D eigenvalue weighted by atomic mass is 32.2. The molecule has 1 heterocycles. The highest BCUT2D eigenvalue weighted by Gasteiger charge is 2.32. The van der Waals surface area contributed by atoms with Crippen LogP contribution in [-0.2, 0) is 23.2 Å². The Hall–Kier alpha value is -2.53. The average molecular weight is 462 g/mol. The van der Waals surface area contributed by atoms with Crippen LogP contribution in [0.5, 0.6) is 5.75 Å². The fourth-order valence-corrected chi connectivity index (χ4v) is 4.47. The number of nitrogens with one attached hydrogen (secondary N) is 1. The molecule has 0 saturated heterocycles. The quantitative estimate of drug-likeness (QED) is 0.609. The second-order valence-corrected chi connectivity index (χ2v) is 8.71. The molecule has 1 aromatic heterocycles. The first-order chi connectivity index (χ1) is 14.4. The van der Waals surface area contributed by atoms with E-state index in [1.165, 1.54) is 28.2 Å². The molecule has 11 heteroatoms. The normalized spacial score (nSPS) is 12.3. The second kappa shape index (κ2) is 9.73. The van der Waals surface area contributed by atoms with E-state index >= 15 is 0 Å². The summed E-state index contributed by atoms with van der Waals surface area (Å²) in [6, 6.07) is 4.01. The molecule has 0 radical (unpaired) electrons. The number of hydrogen-bond acceptors (Lipinski definition) is 4. The molecule has 7 nitrogen and oxygen atoms in total. The van der Waals surface area contributed by atoms with Gasteiger partial charge in [0, 0.05) is 26.3 Å². The molecule has 2 aromatic rings. The van der Waals surface area contributed by atoms with E-state index in [2.05, 4.69) is 5.32 Å². The summed E-state index contributed by atoms with van der Waals surface area (Å²) in [4.78, 5) is 12.7. The Morgan fingerprint density at radius 1 is 1.16 bits per heavy atom. The van der Waals surface area contributed by atoms with Gasteiger partial charge in [0.05, 0.1) is 17.9 Å². The minimum atomic E-state index is -4.60. The van der Waals surface area contributed by atoms with Gasteiger partial charge >= 0.3 is 6.18 Å². The van der Waals surface area contributed by atoms with Gasteiger partial charge in [-0.15, -0.1) is 0 Å². The zero-order valence-corrected chi connectivity index (χ0v) is 18.6. The van der Waals surface area contributed by atoms with E-state index in [1.54, 1.807) is 13.8 Å². The van der Waals surface area contributed by atoms with E-state index in [-0.39, 0.29) is 41.7 Å². The molecule has 0 atom stereocenters. The van der Waals surface area contributed by atoms with Crippen LogP contribution in [0.1, 0.15) is 43.2 Å². The van der Waals surface area contributed by atoms with Gasteiger partial charge in [0.15, 0.2) is 0 Å². The molecule has 0 aliphatic carbocycles. The largest absolute Gasteiger partial charge is 0.491 e. The first-order valence-electron chi connectivity index (χ1n) is 9.77. The van der Waals surface area contributed by atoms with Crippen molar-refractivity contribution >= 4 is 21.6 Å². The van der Waals surface area contributed by atoms with E-state index in [4.69, 9.17) is 4.74 Å². The van der Waals surface area contributed by atoms with E-state index in [9.17, 15) is 26.4 Å².